The molecule has 1 aromatic carbocycles. The summed E-state index contributed by atoms with van der Waals surface area (Å²) in [5.74, 6) is 0.0888. The smallest absolute Gasteiger partial charge is 0.410 e. The molecule has 1 aromatic rings. The van der Waals surface area contributed by atoms with Crippen LogP contribution in [0.1, 0.15) is 84.8 Å². The zero-order chi connectivity index (χ0) is 28.9. The third kappa shape index (κ3) is 8.34. The molecule has 1 unspecified atom stereocenters. The van der Waals surface area contributed by atoms with Gasteiger partial charge in [0.25, 0.3) is 0 Å². The Morgan fingerprint density at radius 1 is 1.15 bits per heavy atom. The molecule has 2 heterocycles. The van der Waals surface area contributed by atoms with E-state index in [2.05, 4.69) is 24.1 Å². The number of benzene rings is 1. The van der Waals surface area contributed by atoms with E-state index in [4.69, 9.17) is 16.3 Å². The molecule has 0 spiro atoms. The van der Waals surface area contributed by atoms with E-state index in [9.17, 15) is 14.4 Å². The van der Waals surface area contributed by atoms with Gasteiger partial charge in [0.2, 0.25) is 11.8 Å². The van der Waals surface area contributed by atoms with Crippen LogP contribution in [0.15, 0.2) is 12.1 Å². The van der Waals surface area contributed by atoms with E-state index in [1.165, 1.54) is 4.90 Å². The number of halogens is 1. The van der Waals surface area contributed by atoms with Crippen LogP contribution in [0.2, 0.25) is 5.02 Å². The maximum atomic E-state index is 13.3. The lowest BCUT2D eigenvalue weighted by molar-refractivity contribution is -0.140. The third-order valence-electron chi connectivity index (χ3n) is 7.72. The number of amides is 3. The fourth-order valence-electron chi connectivity index (χ4n) is 5.49. The van der Waals surface area contributed by atoms with Crippen LogP contribution in [0.4, 0.5) is 10.5 Å². The van der Waals surface area contributed by atoms with Crippen molar-refractivity contribution in [2.24, 2.45) is 5.92 Å². The first-order valence-corrected chi connectivity index (χ1v) is 14.8. The molecular weight excluding hydrogens is 516 g/mol. The molecule has 218 valence electrons. The van der Waals surface area contributed by atoms with E-state index in [1.807, 2.05) is 45.6 Å². The van der Waals surface area contributed by atoms with Crippen molar-refractivity contribution in [3.8, 4) is 0 Å². The second kappa shape index (κ2) is 13.4. The molecule has 2 fully saturated rings. The normalized spacial score (nSPS) is 21.1. The van der Waals surface area contributed by atoms with Crippen LogP contribution in [0.5, 0.6) is 0 Å². The number of hydrogen-bond acceptors (Lipinski definition) is 5. The van der Waals surface area contributed by atoms with Gasteiger partial charge in [0.1, 0.15) is 11.6 Å². The van der Waals surface area contributed by atoms with E-state index in [0.717, 1.165) is 49.9 Å². The van der Waals surface area contributed by atoms with Crippen LogP contribution in [-0.2, 0) is 20.9 Å². The number of carbonyl (C=O) groups excluding carboxylic acids is 3. The Labute approximate surface area is 239 Å². The van der Waals surface area contributed by atoms with Crippen molar-refractivity contribution in [3.63, 3.8) is 0 Å². The molecule has 1 N–H and O–H groups in total. The monoisotopic (exact) mass is 562 g/mol. The molecule has 0 aliphatic carbocycles. The van der Waals surface area contributed by atoms with Crippen LogP contribution in [0.25, 0.3) is 0 Å². The number of unbranched alkanes of at least 4 members (excludes halogenated alkanes) is 1. The molecule has 39 heavy (non-hydrogen) atoms. The van der Waals surface area contributed by atoms with Gasteiger partial charge in [-0.2, -0.15) is 0 Å². The van der Waals surface area contributed by atoms with E-state index < -0.39 is 17.7 Å². The highest BCUT2D eigenvalue weighted by Crippen LogP contribution is 2.29. The van der Waals surface area contributed by atoms with Crippen molar-refractivity contribution >= 4 is 35.2 Å². The third-order valence-corrected chi connectivity index (χ3v) is 7.94. The highest BCUT2D eigenvalue weighted by Gasteiger charge is 2.37. The van der Waals surface area contributed by atoms with Crippen molar-refractivity contribution < 1.29 is 19.1 Å². The van der Waals surface area contributed by atoms with Crippen molar-refractivity contribution in [3.05, 3.63) is 28.3 Å². The van der Waals surface area contributed by atoms with Crippen molar-refractivity contribution in [1.82, 2.24) is 14.7 Å². The lowest BCUT2D eigenvalue weighted by atomic mass is 10.0. The summed E-state index contributed by atoms with van der Waals surface area (Å²) in [6.07, 6.45) is 4.00. The fourth-order valence-corrected chi connectivity index (χ4v) is 5.73. The van der Waals surface area contributed by atoms with Crippen LogP contribution in [0.3, 0.4) is 0 Å². The number of piperazine rings is 1. The zero-order valence-electron chi connectivity index (χ0n) is 24.8. The van der Waals surface area contributed by atoms with Gasteiger partial charge in [-0.25, -0.2) is 4.79 Å². The van der Waals surface area contributed by atoms with Gasteiger partial charge in [-0.05, 0) is 77.1 Å². The minimum atomic E-state index is -0.622. The Morgan fingerprint density at radius 2 is 1.87 bits per heavy atom. The Bertz CT molecular complexity index is 1040. The summed E-state index contributed by atoms with van der Waals surface area (Å²) in [6, 6.07) is 3.27. The molecule has 2 aliphatic rings. The van der Waals surface area contributed by atoms with Gasteiger partial charge in [0, 0.05) is 55.4 Å². The molecule has 3 atom stereocenters. The molecule has 0 radical (unpaired) electrons. The van der Waals surface area contributed by atoms with Crippen LogP contribution < -0.4 is 5.32 Å². The number of hydrogen-bond donors (Lipinski definition) is 1. The number of nitrogens with zero attached hydrogens (tertiary/aromatic N) is 3. The van der Waals surface area contributed by atoms with E-state index in [0.29, 0.717) is 36.8 Å². The van der Waals surface area contributed by atoms with E-state index >= 15 is 0 Å². The Hall–Kier alpha value is -2.32. The van der Waals surface area contributed by atoms with Gasteiger partial charge in [0.15, 0.2) is 0 Å². The fraction of sp³-hybridized carbons (Fsp3) is 0.700. The van der Waals surface area contributed by atoms with Crippen molar-refractivity contribution in [2.75, 3.05) is 31.5 Å². The molecule has 0 saturated carbocycles. The Balaban J connectivity index is 1.65. The summed E-state index contributed by atoms with van der Waals surface area (Å²) in [5, 5.41) is 3.58. The molecule has 0 aromatic heterocycles. The standard InChI is InChI=1S/C30H47ClN4O4/c1-8-9-11-20(2)28(37)34-15-14-33(18-21(34)3)19-23-16-24(31)17-25(22(23)4)32-27(36)26-12-10-13-35(26)29(38)39-30(5,6)7/h16-17,20-21,26H,8-15,18-19H2,1-7H3,(H,32,36)/t20?,21-,26+/m0/s1. The topological polar surface area (TPSA) is 82.2 Å². The second-order valence-electron chi connectivity index (χ2n) is 12.2. The average molecular weight is 563 g/mol. The summed E-state index contributed by atoms with van der Waals surface area (Å²) in [5.41, 5.74) is 2.03. The van der Waals surface area contributed by atoms with Gasteiger partial charge >= 0.3 is 6.09 Å². The van der Waals surface area contributed by atoms with E-state index in [1.54, 1.807) is 6.07 Å². The Morgan fingerprint density at radius 3 is 2.51 bits per heavy atom. The predicted octanol–water partition coefficient (Wildman–Crippen LogP) is 5.85. The maximum absolute atomic E-state index is 13.3. The highest BCUT2D eigenvalue weighted by molar-refractivity contribution is 6.31. The van der Waals surface area contributed by atoms with Crippen molar-refractivity contribution in [1.29, 1.82) is 0 Å². The van der Waals surface area contributed by atoms with Gasteiger partial charge < -0.3 is 15.0 Å². The van der Waals surface area contributed by atoms with Gasteiger partial charge in [-0.3, -0.25) is 19.4 Å². The number of anilines is 1. The maximum Gasteiger partial charge on any atom is 0.410 e. The summed E-state index contributed by atoms with van der Waals surface area (Å²) in [4.78, 5) is 44.8. The number of rotatable bonds is 8. The van der Waals surface area contributed by atoms with Gasteiger partial charge in [-0.1, -0.05) is 38.3 Å². The van der Waals surface area contributed by atoms with E-state index in [-0.39, 0.29) is 23.8 Å². The largest absolute Gasteiger partial charge is 0.444 e. The van der Waals surface area contributed by atoms with Gasteiger partial charge in [-0.15, -0.1) is 0 Å². The molecule has 9 heteroatoms. The molecule has 3 amide bonds. The number of likely N-dealkylation sites (tertiary alicyclic amines) is 1. The lowest BCUT2D eigenvalue weighted by Gasteiger charge is -2.41. The first kappa shape index (κ1) is 31.2. The van der Waals surface area contributed by atoms with Crippen molar-refractivity contribution in [2.45, 2.75) is 105 Å². The first-order valence-electron chi connectivity index (χ1n) is 14.4. The molecular formula is C30H47ClN4O4. The quantitative estimate of drug-likeness (QED) is 0.430. The average Bonchev–Trinajstić information content (AvgIpc) is 3.34. The highest BCUT2D eigenvalue weighted by atomic mass is 35.5. The lowest BCUT2D eigenvalue weighted by Crippen LogP contribution is -2.54. The summed E-state index contributed by atoms with van der Waals surface area (Å²) in [6.45, 7) is 17.2. The molecule has 3 rings (SSSR count). The second-order valence-corrected chi connectivity index (χ2v) is 12.7. The predicted molar refractivity (Wildman–Crippen MR) is 156 cm³/mol. The summed E-state index contributed by atoms with van der Waals surface area (Å²) < 4.78 is 5.52. The number of ether oxygens (including phenoxy) is 1. The number of carbonyl (C=O) groups is 3. The SMILES string of the molecule is CCCCC(C)C(=O)N1CCN(Cc2cc(Cl)cc(NC(=O)[C@H]3CCCN3C(=O)OC(C)(C)C)c2C)C[C@@H]1C. The first-order chi connectivity index (χ1) is 18.3. The zero-order valence-corrected chi connectivity index (χ0v) is 25.6. The molecule has 0 bridgehead atoms. The summed E-state index contributed by atoms with van der Waals surface area (Å²) >= 11 is 6.50. The van der Waals surface area contributed by atoms with Crippen LogP contribution in [0, 0.1) is 12.8 Å². The minimum absolute atomic E-state index is 0.0615. The molecule has 2 saturated heterocycles. The van der Waals surface area contributed by atoms with Crippen LogP contribution in [-0.4, -0.2) is 76.5 Å². The van der Waals surface area contributed by atoms with Crippen LogP contribution >= 0.6 is 11.6 Å². The summed E-state index contributed by atoms with van der Waals surface area (Å²) in [7, 11) is 0. The van der Waals surface area contributed by atoms with Gasteiger partial charge in [0.05, 0.1) is 0 Å². The number of nitrogens with one attached hydrogen (secondary N) is 1. The molecule has 8 nitrogen and oxygen atoms in total. The minimum Gasteiger partial charge on any atom is -0.444 e. The molecule has 2 aliphatic heterocycles. The Kier molecular flexibility index (Phi) is 10.7.